The van der Waals surface area contributed by atoms with E-state index in [1.807, 2.05) is 13.8 Å². The predicted octanol–water partition coefficient (Wildman–Crippen LogP) is 0.533. The van der Waals surface area contributed by atoms with Crippen molar-refractivity contribution in [2.24, 2.45) is 5.92 Å². The SMILES string of the molecule is CC(C)CC(CO)NC(=O)CNC(=O)c1ccco1. The Hall–Kier alpha value is -1.82. The average Bonchev–Trinajstić information content (AvgIpc) is 2.88. The van der Waals surface area contributed by atoms with Crippen molar-refractivity contribution in [3.63, 3.8) is 0 Å². The molecule has 0 aliphatic rings. The second kappa shape index (κ2) is 7.58. The summed E-state index contributed by atoms with van der Waals surface area (Å²) in [6.07, 6.45) is 2.08. The van der Waals surface area contributed by atoms with E-state index in [0.717, 1.165) is 0 Å². The largest absolute Gasteiger partial charge is 0.459 e. The Bertz CT molecular complexity index is 401. The fourth-order valence-corrected chi connectivity index (χ4v) is 1.68. The molecule has 0 bridgehead atoms. The first-order chi connectivity index (χ1) is 9.02. The highest BCUT2D eigenvalue weighted by Gasteiger charge is 2.14. The molecule has 6 heteroatoms. The minimum absolute atomic E-state index is 0.115. The molecule has 0 aliphatic carbocycles. The number of hydrogen-bond donors (Lipinski definition) is 3. The van der Waals surface area contributed by atoms with E-state index in [4.69, 9.17) is 9.52 Å². The van der Waals surface area contributed by atoms with Crippen LogP contribution in [0.2, 0.25) is 0 Å². The van der Waals surface area contributed by atoms with Crippen LogP contribution in [0.25, 0.3) is 0 Å². The first kappa shape index (κ1) is 15.2. The fourth-order valence-electron chi connectivity index (χ4n) is 1.68. The van der Waals surface area contributed by atoms with Crippen molar-refractivity contribution in [3.05, 3.63) is 24.2 Å². The minimum atomic E-state index is -0.440. The molecule has 0 saturated carbocycles. The van der Waals surface area contributed by atoms with Crippen LogP contribution in [-0.2, 0) is 4.79 Å². The van der Waals surface area contributed by atoms with Gasteiger partial charge in [-0.15, -0.1) is 0 Å². The average molecular weight is 268 g/mol. The van der Waals surface area contributed by atoms with Crippen LogP contribution in [0.4, 0.5) is 0 Å². The van der Waals surface area contributed by atoms with Crippen molar-refractivity contribution in [3.8, 4) is 0 Å². The molecular weight excluding hydrogens is 248 g/mol. The fraction of sp³-hybridized carbons (Fsp3) is 0.538. The van der Waals surface area contributed by atoms with Gasteiger partial charge >= 0.3 is 0 Å². The summed E-state index contributed by atoms with van der Waals surface area (Å²) in [5.41, 5.74) is 0. The van der Waals surface area contributed by atoms with Crippen LogP contribution >= 0.6 is 0 Å². The van der Waals surface area contributed by atoms with Crippen molar-refractivity contribution in [2.45, 2.75) is 26.3 Å². The topological polar surface area (TPSA) is 91.6 Å². The number of aliphatic hydroxyl groups is 1. The molecule has 0 aromatic carbocycles. The van der Waals surface area contributed by atoms with Gasteiger partial charge in [0.15, 0.2) is 5.76 Å². The Kier molecular flexibility index (Phi) is 6.08. The van der Waals surface area contributed by atoms with Gasteiger partial charge in [-0.3, -0.25) is 9.59 Å². The van der Waals surface area contributed by atoms with Crippen molar-refractivity contribution >= 4 is 11.8 Å². The number of nitrogens with one attached hydrogen (secondary N) is 2. The Morgan fingerprint density at radius 3 is 2.68 bits per heavy atom. The van der Waals surface area contributed by atoms with E-state index in [1.165, 1.54) is 12.3 Å². The maximum atomic E-state index is 11.6. The zero-order valence-corrected chi connectivity index (χ0v) is 11.2. The molecule has 0 fully saturated rings. The highest BCUT2D eigenvalue weighted by Crippen LogP contribution is 2.03. The summed E-state index contributed by atoms with van der Waals surface area (Å²) >= 11 is 0. The maximum Gasteiger partial charge on any atom is 0.287 e. The smallest absolute Gasteiger partial charge is 0.287 e. The van der Waals surface area contributed by atoms with E-state index < -0.39 is 5.91 Å². The van der Waals surface area contributed by atoms with Crippen molar-refractivity contribution < 1.29 is 19.1 Å². The van der Waals surface area contributed by atoms with Gasteiger partial charge < -0.3 is 20.2 Å². The molecule has 106 valence electrons. The van der Waals surface area contributed by atoms with Gasteiger partial charge in [-0.05, 0) is 24.5 Å². The first-order valence-electron chi connectivity index (χ1n) is 6.24. The number of aliphatic hydroxyl groups excluding tert-OH is 1. The number of rotatable bonds is 7. The van der Waals surface area contributed by atoms with Crippen LogP contribution in [0.5, 0.6) is 0 Å². The molecule has 1 unspecified atom stereocenters. The molecule has 19 heavy (non-hydrogen) atoms. The molecule has 6 nitrogen and oxygen atoms in total. The van der Waals surface area contributed by atoms with Gasteiger partial charge in [-0.2, -0.15) is 0 Å². The lowest BCUT2D eigenvalue weighted by Crippen LogP contribution is -2.44. The van der Waals surface area contributed by atoms with E-state index >= 15 is 0 Å². The minimum Gasteiger partial charge on any atom is -0.459 e. The molecule has 0 aliphatic heterocycles. The summed E-state index contributed by atoms with van der Waals surface area (Å²) in [6, 6.07) is 2.83. The third kappa shape index (κ3) is 5.56. The lowest BCUT2D eigenvalue weighted by Gasteiger charge is -2.18. The molecule has 3 N–H and O–H groups in total. The predicted molar refractivity (Wildman–Crippen MR) is 69.5 cm³/mol. The monoisotopic (exact) mass is 268 g/mol. The number of furan rings is 1. The molecule has 1 aromatic heterocycles. The first-order valence-corrected chi connectivity index (χ1v) is 6.24. The van der Waals surface area contributed by atoms with E-state index in [0.29, 0.717) is 12.3 Å². The van der Waals surface area contributed by atoms with Crippen molar-refractivity contribution in [1.82, 2.24) is 10.6 Å². The van der Waals surface area contributed by atoms with E-state index in [2.05, 4.69) is 10.6 Å². The van der Waals surface area contributed by atoms with Crippen LogP contribution in [0.3, 0.4) is 0 Å². The lowest BCUT2D eigenvalue weighted by atomic mass is 10.0. The summed E-state index contributed by atoms with van der Waals surface area (Å²) in [6.45, 7) is 3.76. The zero-order chi connectivity index (χ0) is 14.3. The lowest BCUT2D eigenvalue weighted by molar-refractivity contribution is -0.121. The van der Waals surface area contributed by atoms with Crippen LogP contribution in [0.1, 0.15) is 30.8 Å². The van der Waals surface area contributed by atoms with E-state index in [1.54, 1.807) is 6.07 Å². The van der Waals surface area contributed by atoms with Gasteiger partial charge in [0.25, 0.3) is 5.91 Å². The summed E-state index contributed by atoms with van der Waals surface area (Å²) in [7, 11) is 0. The third-order valence-corrected chi connectivity index (χ3v) is 2.50. The van der Waals surface area contributed by atoms with Crippen LogP contribution in [-0.4, -0.2) is 36.1 Å². The van der Waals surface area contributed by atoms with Gasteiger partial charge in [-0.25, -0.2) is 0 Å². The standard InChI is InChI=1S/C13H20N2O4/c1-9(2)6-10(8-16)15-12(17)7-14-13(18)11-4-3-5-19-11/h3-5,9-10,16H,6-8H2,1-2H3,(H,14,18)(H,15,17). The van der Waals surface area contributed by atoms with Crippen LogP contribution in [0.15, 0.2) is 22.8 Å². The van der Waals surface area contributed by atoms with Gasteiger partial charge in [0.05, 0.1) is 25.5 Å². The second-order valence-electron chi connectivity index (χ2n) is 4.74. The molecule has 1 aromatic rings. The van der Waals surface area contributed by atoms with Crippen molar-refractivity contribution in [2.75, 3.05) is 13.2 Å². The molecule has 0 saturated heterocycles. The van der Waals surface area contributed by atoms with Crippen molar-refractivity contribution in [1.29, 1.82) is 0 Å². The number of carbonyl (C=O) groups excluding carboxylic acids is 2. The highest BCUT2D eigenvalue weighted by atomic mass is 16.3. The zero-order valence-electron chi connectivity index (χ0n) is 11.2. The number of carbonyl (C=O) groups is 2. The summed E-state index contributed by atoms with van der Waals surface area (Å²) in [5.74, 6) is -0.243. The van der Waals surface area contributed by atoms with E-state index in [9.17, 15) is 9.59 Å². The van der Waals surface area contributed by atoms with E-state index in [-0.39, 0.29) is 30.9 Å². The summed E-state index contributed by atoms with van der Waals surface area (Å²) < 4.78 is 4.90. The molecule has 1 heterocycles. The Morgan fingerprint density at radius 1 is 1.42 bits per heavy atom. The van der Waals surface area contributed by atoms with Gasteiger partial charge in [-0.1, -0.05) is 13.8 Å². The summed E-state index contributed by atoms with van der Waals surface area (Å²) in [4.78, 5) is 23.1. The van der Waals surface area contributed by atoms with Gasteiger partial charge in [0.2, 0.25) is 5.91 Å². The molecule has 1 atom stereocenters. The number of amides is 2. The molecule has 0 spiro atoms. The Morgan fingerprint density at radius 2 is 2.16 bits per heavy atom. The second-order valence-corrected chi connectivity index (χ2v) is 4.74. The van der Waals surface area contributed by atoms with Gasteiger partial charge in [0.1, 0.15) is 0 Å². The number of hydrogen-bond acceptors (Lipinski definition) is 4. The normalized spacial score (nSPS) is 12.2. The van der Waals surface area contributed by atoms with Gasteiger partial charge in [0, 0.05) is 0 Å². The third-order valence-electron chi connectivity index (χ3n) is 2.50. The van der Waals surface area contributed by atoms with Crippen LogP contribution in [0, 0.1) is 5.92 Å². The maximum absolute atomic E-state index is 11.6. The summed E-state index contributed by atoms with van der Waals surface area (Å²) in [5, 5.41) is 14.2. The molecule has 1 rings (SSSR count). The van der Waals surface area contributed by atoms with Crippen LogP contribution < -0.4 is 10.6 Å². The molecular formula is C13H20N2O4. The molecule has 2 amide bonds. The Balaban J connectivity index is 2.32. The highest BCUT2D eigenvalue weighted by molar-refractivity contribution is 5.94. The molecule has 0 radical (unpaired) electrons. The Labute approximate surface area is 112 Å². The quantitative estimate of drug-likeness (QED) is 0.672.